The van der Waals surface area contributed by atoms with E-state index in [-0.39, 0.29) is 28.2 Å². The minimum absolute atomic E-state index is 0.0996. The standard InChI is InChI=1S/C20H22N2O6S/c1-14-8-15(2)12-21(11-14)29(26,27)18-6-7-20(19(10-18)22(24)25)28-17-5-3-4-16(9-17)13-23/h3-7,9-10,13-15H,8,11-12H2,1-2H3/t14-,15-/m0/s1. The first-order valence-corrected chi connectivity index (χ1v) is 10.7. The lowest BCUT2D eigenvalue weighted by atomic mass is 9.94. The van der Waals surface area contributed by atoms with Crippen LogP contribution < -0.4 is 4.74 Å². The van der Waals surface area contributed by atoms with Crippen molar-refractivity contribution in [3.63, 3.8) is 0 Å². The molecule has 2 aromatic rings. The summed E-state index contributed by atoms with van der Waals surface area (Å²) in [7, 11) is -3.86. The van der Waals surface area contributed by atoms with Crippen LogP contribution in [-0.2, 0) is 10.0 Å². The van der Waals surface area contributed by atoms with Crippen molar-refractivity contribution in [2.24, 2.45) is 11.8 Å². The summed E-state index contributed by atoms with van der Waals surface area (Å²) in [5.74, 6) is 0.580. The first kappa shape index (κ1) is 20.9. The molecule has 1 aliphatic rings. The fourth-order valence-electron chi connectivity index (χ4n) is 3.62. The molecule has 0 spiro atoms. The van der Waals surface area contributed by atoms with Gasteiger partial charge in [-0.1, -0.05) is 26.0 Å². The molecule has 1 aliphatic heterocycles. The Labute approximate surface area is 169 Å². The molecule has 9 heteroatoms. The highest BCUT2D eigenvalue weighted by Crippen LogP contribution is 2.35. The van der Waals surface area contributed by atoms with Gasteiger partial charge in [-0.05, 0) is 42.5 Å². The van der Waals surface area contributed by atoms with Gasteiger partial charge in [0.15, 0.2) is 0 Å². The fourth-order valence-corrected chi connectivity index (χ4v) is 5.32. The number of nitrogens with zero attached hydrogens (tertiary/aromatic N) is 2. The van der Waals surface area contributed by atoms with E-state index in [1.54, 1.807) is 18.2 Å². The molecule has 0 bridgehead atoms. The Morgan fingerprint density at radius 1 is 1.14 bits per heavy atom. The highest BCUT2D eigenvalue weighted by atomic mass is 32.2. The molecule has 2 atom stereocenters. The number of ether oxygens (including phenoxy) is 1. The molecule has 1 saturated heterocycles. The summed E-state index contributed by atoms with van der Waals surface area (Å²) >= 11 is 0. The first-order valence-electron chi connectivity index (χ1n) is 9.22. The van der Waals surface area contributed by atoms with E-state index in [2.05, 4.69) is 0 Å². The fraction of sp³-hybridized carbons (Fsp3) is 0.350. The number of benzene rings is 2. The molecule has 0 unspecified atom stereocenters. The van der Waals surface area contributed by atoms with E-state index in [1.165, 1.54) is 22.5 Å². The smallest absolute Gasteiger partial charge is 0.312 e. The zero-order chi connectivity index (χ0) is 21.2. The van der Waals surface area contributed by atoms with Crippen LogP contribution >= 0.6 is 0 Å². The molecule has 0 amide bonds. The van der Waals surface area contributed by atoms with Crippen LogP contribution in [0, 0.1) is 22.0 Å². The molecule has 29 heavy (non-hydrogen) atoms. The molecule has 0 aromatic heterocycles. The Kier molecular flexibility index (Phi) is 5.99. The third kappa shape index (κ3) is 4.63. The van der Waals surface area contributed by atoms with Crippen LogP contribution in [0.15, 0.2) is 47.4 Å². The van der Waals surface area contributed by atoms with Gasteiger partial charge in [0.05, 0.1) is 9.82 Å². The van der Waals surface area contributed by atoms with E-state index in [4.69, 9.17) is 4.74 Å². The van der Waals surface area contributed by atoms with Crippen molar-refractivity contribution in [1.82, 2.24) is 4.31 Å². The number of carbonyl (C=O) groups is 1. The first-order chi connectivity index (χ1) is 13.7. The lowest BCUT2D eigenvalue weighted by Gasteiger charge is -2.34. The average molecular weight is 418 g/mol. The quantitative estimate of drug-likeness (QED) is 0.400. The minimum atomic E-state index is -3.86. The second-order valence-corrected chi connectivity index (χ2v) is 9.39. The monoisotopic (exact) mass is 418 g/mol. The van der Waals surface area contributed by atoms with Gasteiger partial charge >= 0.3 is 5.69 Å². The number of piperidine rings is 1. The van der Waals surface area contributed by atoms with Gasteiger partial charge in [-0.3, -0.25) is 14.9 Å². The molecule has 0 radical (unpaired) electrons. The molecular formula is C20H22N2O6S. The van der Waals surface area contributed by atoms with Crippen LogP contribution in [0.4, 0.5) is 5.69 Å². The molecule has 3 rings (SSSR count). The van der Waals surface area contributed by atoms with Gasteiger partial charge in [0.1, 0.15) is 12.0 Å². The van der Waals surface area contributed by atoms with Crippen molar-refractivity contribution in [3.05, 3.63) is 58.1 Å². The maximum Gasteiger partial charge on any atom is 0.312 e. The number of nitro benzene ring substituents is 1. The second-order valence-electron chi connectivity index (χ2n) is 7.45. The zero-order valence-corrected chi connectivity index (χ0v) is 17.0. The van der Waals surface area contributed by atoms with Crippen LogP contribution in [0.3, 0.4) is 0 Å². The molecule has 0 saturated carbocycles. The van der Waals surface area contributed by atoms with Crippen molar-refractivity contribution >= 4 is 22.0 Å². The molecular weight excluding hydrogens is 396 g/mol. The predicted molar refractivity (Wildman–Crippen MR) is 107 cm³/mol. The van der Waals surface area contributed by atoms with E-state index in [0.717, 1.165) is 12.5 Å². The minimum Gasteiger partial charge on any atom is -0.450 e. The van der Waals surface area contributed by atoms with Gasteiger partial charge in [-0.25, -0.2) is 8.42 Å². The van der Waals surface area contributed by atoms with E-state index in [0.29, 0.717) is 24.9 Å². The van der Waals surface area contributed by atoms with Crippen LogP contribution in [-0.4, -0.2) is 37.0 Å². The molecule has 8 nitrogen and oxygen atoms in total. The lowest BCUT2D eigenvalue weighted by Crippen LogP contribution is -2.42. The van der Waals surface area contributed by atoms with Gasteiger partial charge in [-0.15, -0.1) is 0 Å². The predicted octanol–water partition coefficient (Wildman–Crippen LogP) is 3.87. The maximum atomic E-state index is 13.0. The summed E-state index contributed by atoms with van der Waals surface area (Å²) in [6.45, 7) is 4.75. The number of hydrogen-bond acceptors (Lipinski definition) is 6. The summed E-state index contributed by atoms with van der Waals surface area (Å²) in [6.07, 6.45) is 1.58. The topological polar surface area (TPSA) is 107 Å². The Morgan fingerprint density at radius 3 is 2.45 bits per heavy atom. The molecule has 1 heterocycles. The average Bonchev–Trinajstić information content (AvgIpc) is 2.67. The van der Waals surface area contributed by atoms with Gasteiger partial charge in [0.2, 0.25) is 15.8 Å². The van der Waals surface area contributed by atoms with Crippen molar-refractivity contribution in [3.8, 4) is 11.5 Å². The van der Waals surface area contributed by atoms with E-state index in [1.807, 2.05) is 13.8 Å². The Bertz CT molecular complexity index is 1030. The lowest BCUT2D eigenvalue weighted by molar-refractivity contribution is -0.385. The van der Waals surface area contributed by atoms with Crippen LogP contribution in [0.5, 0.6) is 11.5 Å². The Morgan fingerprint density at radius 2 is 1.83 bits per heavy atom. The Balaban J connectivity index is 1.95. The third-order valence-corrected chi connectivity index (χ3v) is 6.65. The number of hydrogen-bond donors (Lipinski definition) is 0. The van der Waals surface area contributed by atoms with E-state index < -0.39 is 20.6 Å². The molecule has 2 aromatic carbocycles. The van der Waals surface area contributed by atoms with Gasteiger partial charge in [0, 0.05) is 24.7 Å². The number of carbonyl (C=O) groups excluding carboxylic acids is 1. The largest absolute Gasteiger partial charge is 0.450 e. The van der Waals surface area contributed by atoms with E-state index in [9.17, 15) is 23.3 Å². The van der Waals surface area contributed by atoms with Gasteiger partial charge in [-0.2, -0.15) is 4.31 Å². The van der Waals surface area contributed by atoms with E-state index >= 15 is 0 Å². The number of rotatable bonds is 6. The summed E-state index contributed by atoms with van der Waals surface area (Å²) in [5, 5.41) is 11.6. The highest BCUT2D eigenvalue weighted by Gasteiger charge is 2.33. The van der Waals surface area contributed by atoms with Crippen molar-refractivity contribution in [2.45, 2.75) is 25.2 Å². The third-order valence-electron chi connectivity index (χ3n) is 4.82. The van der Waals surface area contributed by atoms with Crippen LogP contribution in [0.1, 0.15) is 30.6 Å². The molecule has 154 valence electrons. The number of aldehydes is 1. The second kappa shape index (κ2) is 8.30. The van der Waals surface area contributed by atoms with Crippen LogP contribution in [0.2, 0.25) is 0 Å². The maximum absolute atomic E-state index is 13.0. The summed E-state index contributed by atoms with van der Waals surface area (Å²) in [5.41, 5.74) is -0.0987. The van der Waals surface area contributed by atoms with Crippen molar-refractivity contribution in [1.29, 1.82) is 0 Å². The summed E-state index contributed by atoms with van der Waals surface area (Å²) in [4.78, 5) is 21.6. The molecule has 0 aliphatic carbocycles. The van der Waals surface area contributed by atoms with Crippen LogP contribution in [0.25, 0.3) is 0 Å². The van der Waals surface area contributed by atoms with Crippen molar-refractivity contribution < 1.29 is 22.9 Å². The van der Waals surface area contributed by atoms with Gasteiger partial charge < -0.3 is 4.74 Å². The summed E-state index contributed by atoms with van der Waals surface area (Å²) in [6, 6.07) is 9.77. The molecule has 1 fully saturated rings. The van der Waals surface area contributed by atoms with Crippen molar-refractivity contribution in [2.75, 3.05) is 13.1 Å². The zero-order valence-electron chi connectivity index (χ0n) is 16.1. The SMILES string of the molecule is C[C@H]1C[C@H](C)CN(S(=O)(=O)c2ccc(Oc3cccc(C=O)c3)c([N+](=O)[O-])c2)C1. The normalized spacial score (nSPS) is 20.2. The highest BCUT2D eigenvalue weighted by molar-refractivity contribution is 7.89. The Hall–Kier alpha value is -2.78. The molecule has 0 N–H and O–H groups in total. The van der Waals surface area contributed by atoms with Gasteiger partial charge in [0.25, 0.3) is 0 Å². The summed E-state index contributed by atoms with van der Waals surface area (Å²) < 4.78 is 33.0. The number of sulfonamides is 1. The number of nitro groups is 1.